The third kappa shape index (κ3) is 3.38. The summed E-state index contributed by atoms with van der Waals surface area (Å²) in [6, 6.07) is 13.8. The van der Waals surface area contributed by atoms with Crippen LogP contribution in [0.5, 0.6) is 0 Å². The first-order chi connectivity index (χ1) is 15.0. The smallest absolute Gasteiger partial charge is 0.251 e. The first-order valence-electron chi connectivity index (χ1n) is 10.8. The van der Waals surface area contributed by atoms with Gasteiger partial charge in [-0.3, -0.25) is 4.79 Å². The number of nitrogens with one attached hydrogen (secondary N) is 2. The monoisotopic (exact) mass is 413 g/mol. The van der Waals surface area contributed by atoms with Crippen molar-refractivity contribution in [3.05, 3.63) is 64.8 Å². The molecule has 1 aliphatic rings. The first kappa shape index (κ1) is 19.4. The Morgan fingerprint density at radius 2 is 1.94 bits per heavy atom. The fourth-order valence-corrected chi connectivity index (χ4v) is 4.73. The standard InChI is InChI=1S/C25H27N5O/c1-27-24-13-20(26)19-11-15(7-9-21(19)29-24)14-28-25(31)16-8-10-23-18(12-16)17-5-3-4-6-22(17)30(23)2/h7-13H,3-6,14H2,1-2H3,(H,28,31)(H3,26,27,29). The van der Waals surface area contributed by atoms with Crippen molar-refractivity contribution in [2.24, 2.45) is 7.05 Å². The van der Waals surface area contributed by atoms with Crippen LogP contribution in [-0.4, -0.2) is 22.5 Å². The molecule has 0 unspecified atom stereocenters. The summed E-state index contributed by atoms with van der Waals surface area (Å²) in [5.74, 6) is 0.677. The van der Waals surface area contributed by atoms with Gasteiger partial charge in [0.05, 0.1) is 5.52 Å². The van der Waals surface area contributed by atoms with Gasteiger partial charge < -0.3 is 20.9 Å². The van der Waals surface area contributed by atoms with E-state index in [0.29, 0.717) is 17.8 Å². The molecule has 2 aromatic heterocycles. The van der Waals surface area contributed by atoms with Gasteiger partial charge >= 0.3 is 0 Å². The molecule has 0 bridgehead atoms. The largest absolute Gasteiger partial charge is 0.398 e. The number of benzene rings is 2. The van der Waals surface area contributed by atoms with Crippen molar-refractivity contribution in [1.82, 2.24) is 14.9 Å². The molecule has 4 aromatic rings. The molecule has 4 N–H and O–H groups in total. The van der Waals surface area contributed by atoms with Gasteiger partial charge in [0.1, 0.15) is 5.82 Å². The Kier molecular flexibility index (Phi) is 4.77. The van der Waals surface area contributed by atoms with Crippen molar-refractivity contribution in [3.63, 3.8) is 0 Å². The van der Waals surface area contributed by atoms with Crippen LogP contribution >= 0.6 is 0 Å². The van der Waals surface area contributed by atoms with Crippen molar-refractivity contribution in [2.45, 2.75) is 32.2 Å². The Morgan fingerprint density at radius 1 is 1.10 bits per heavy atom. The highest BCUT2D eigenvalue weighted by Crippen LogP contribution is 2.32. The number of aryl methyl sites for hydroxylation is 2. The summed E-state index contributed by atoms with van der Waals surface area (Å²) in [5.41, 5.74) is 13.4. The quantitative estimate of drug-likeness (QED) is 0.469. The maximum absolute atomic E-state index is 12.9. The van der Waals surface area contributed by atoms with Gasteiger partial charge in [0.25, 0.3) is 5.91 Å². The number of pyridine rings is 1. The zero-order valence-corrected chi connectivity index (χ0v) is 18.0. The van der Waals surface area contributed by atoms with Crippen molar-refractivity contribution in [3.8, 4) is 0 Å². The molecule has 2 aromatic carbocycles. The number of fused-ring (bicyclic) bond motifs is 4. The summed E-state index contributed by atoms with van der Waals surface area (Å²) >= 11 is 0. The van der Waals surface area contributed by atoms with Crippen LogP contribution in [0.1, 0.15) is 40.0 Å². The Morgan fingerprint density at radius 3 is 2.77 bits per heavy atom. The van der Waals surface area contributed by atoms with Crippen LogP contribution in [0.2, 0.25) is 0 Å². The Labute approximate surface area is 181 Å². The lowest BCUT2D eigenvalue weighted by Gasteiger charge is -2.13. The van der Waals surface area contributed by atoms with Crippen LogP contribution in [0, 0.1) is 0 Å². The van der Waals surface area contributed by atoms with Crippen molar-refractivity contribution in [2.75, 3.05) is 18.1 Å². The second-order valence-corrected chi connectivity index (χ2v) is 8.30. The summed E-state index contributed by atoms with van der Waals surface area (Å²) in [4.78, 5) is 17.4. The molecule has 0 aliphatic heterocycles. The lowest BCUT2D eigenvalue weighted by molar-refractivity contribution is 0.0951. The van der Waals surface area contributed by atoms with E-state index >= 15 is 0 Å². The highest BCUT2D eigenvalue weighted by atomic mass is 16.1. The van der Waals surface area contributed by atoms with Gasteiger partial charge in [0.15, 0.2) is 0 Å². The normalized spacial score (nSPS) is 13.4. The van der Waals surface area contributed by atoms with Gasteiger partial charge in [0, 0.05) is 59.9 Å². The lowest BCUT2D eigenvalue weighted by atomic mass is 9.95. The molecule has 0 spiro atoms. The summed E-state index contributed by atoms with van der Waals surface area (Å²) in [7, 11) is 3.95. The SMILES string of the molecule is CNc1cc(N)c2cc(CNC(=O)c3ccc4c(c3)c3c(n4C)CCCC3)ccc2n1. The van der Waals surface area contributed by atoms with E-state index in [9.17, 15) is 4.79 Å². The molecule has 1 aliphatic carbocycles. The van der Waals surface area contributed by atoms with Gasteiger partial charge in [0.2, 0.25) is 0 Å². The number of carbonyl (C=O) groups is 1. The average molecular weight is 414 g/mol. The van der Waals surface area contributed by atoms with E-state index in [2.05, 4.69) is 39.4 Å². The molecule has 0 radical (unpaired) electrons. The molecule has 0 saturated heterocycles. The molecular formula is C25H27N5O. The topological polar surface area (TPSA) is 85.0 Å². The van der Waals surface area contributed by atoms with E-state index in [1.165, 1.54) is 35.0 Å². The Balaban J connectivity index is 1.38. The number of carbonyl (C=O) groups excluding carboxylic acids is 1. The van der Waals surface area contributed by atoms with Gasteiger partial charge in [-0.15, -0.1) is 0 Å². The van der Waals surface area contributed by atoms with Gasteiger partial charge in [-0.1, -0.05) is 6.07 Å². The molecule has 158 valence electrons. The second-order valence-electron chi connectivity index (χ2n) is 8.30. The molecule has 0 atom stereocenters. The van der Waals surface area contributed by atoms with Crippen LogP contribution in [0.25, 0.3) is 21.8 Å². The number of hydrogen-bond donors (Lipinski definition) is 3. The van der Waals surface area contributed by atoms with Crippen LogP contribution in [-0.2, 0) is 26.4 Å². The predicted molar refractivity (Wildman–Crippen MR) is 126 cm³/mol. The van der Waals surface area contributed by atoms with Crippen LogP contribution in [0.15, 0.2) is 42.5 Å². The van der Waals surface area contributed by atoms with E-state index in [1.54, 1.807) is 0 Å². The molecule has 6 heteroatoms. The number of nitrogens with zero attached hydrogens (tertiary/aromatic N) is 2. The summed E-state index contributed by atoms with van der Waals surface area (Å²) in [6.07, 6.45) is 4.68. The van der Waals surface area contributed by atoms with E-state index in [0.717, 1.165) is 35.1 Å². The maximum Gasteiger partial charge on any atom is 0.251 e. The molecule has 5 rings (SSSR count). The number of nitrogens with two attached hydrogens (primary N) is 1. The Hall–Kier alpha value is -3.54. The van der Waals surface area contributed by atoms with Crippen molar-refractivity contribution in [1.29, 1.82) is 0 Å². The third-order valence-electron chi connectivity index (χ3n) is 6.40. The highest BCUT2D eigenvalue weighted by molar-refractivity contribution is 5.99. The van der Waals surface area contributed by atoms with Gasteiger partial charge in [-0.05, 0) is 67.1 Å². The Bertz CT molecular complexity index is 1320. The molecule has 31 heavy (non-hydrogen) atoms. The minimum absolute atomic E-state index is 0.0629. The number of amides is 1. The lowest BCUT2D eigenvalue weighted by Crippen LogP contribution is -2.22. The fourth-order valence-electron chi connectivity index (χ4n) is 4.73. The molecule has 6 nitrogen and oxygen atoms in total. The van der Waals surface area contributed by atoms with E-state index in [1.807, 2.05) is 37.4 Å². The van der Waals surface area contributed by atoms with Crippen LogP contribution in [0.3, 0.4) is 0 Å². The average Bonchev–Trinajstić information content (AvgIpc) is 3.09. The van der Waals surface area contributed by atoms with Crippen molar-refractivity contribution < 1.29 is 4.79 Å². The maximum atomic E-state index is 12.9. The van der Waals surface area contributed by atoms with Crippen molar-refractivity contribution >= 4 is 39.2 Å². The number of nitrogen functional groups attached to an aromatic ring is 1. The first-order valence-corrected chi connectivity index (χ1v) is 10.8. The zero-order valence-electron chi connectivity index (χ0n) is 18.0. The minimum Gasteiger partial charge on any atom is -0.398 e. The van der Waals surface area contributed by atoms with Gasteiger partial charge in [-0.2, -0.15) is 0 Å². The van der Waals surface area contributed by atoms with Gasteiger partial charge in [-0.25, -0.2) is 4.98 Å². The molecule has 0 saturated carbocycles. The number of hydrogen-bond acceptors (Lipinski definition) is 4. The molecule has 0 fully saturated rings. The van der Waals surface area contributed by atoms with E-state index in [-0.39, 0.29) is 5.91 Å². The summed E-state index contributed by atoms with van der Waals surface area (Å²) in [5, 5.41) is 8.18. The van der Waals surface area contributed by atoms with E-state index in [4.69, 9.17) is 5.73 Å². The number of anilines is 2. The van der Waals surface area contributed by atoms with Crippen LogP contribution < -0.4 is 16.4 Å². The fraction of sp³-hybridized carbons (Fsp3) is 0.280. The second kappa shape index (κ2) is 7.61. The zero-order chi connectivity index (χ0) is 21.5. The van der Waals surface area contributed by atoms with E-state index < -0.39 is 0 Å². The summed E-state index contributed by atoms with van der Waals surface area (Å²) < 4.78 is 2.29. The highest BCUT2D eigenvalue weighted by Gasteiger charge is 2.19. The molecule has 2 heterocycles. The van der Waals surface area contributed by atoms with Crippen LogP contribution in [0.4, 0.5) is 11.5 Å². The molecule has 1 amide bonds. The predicted octanol–water partition coefficient (Wildman–Crippen LogP) is 4.16. The molecular weight excluding hydrogens is 386 g/mol. The third-order valence-corrected chi connectivity index (χ3v) is 6.40. The number of rotatable bonds is 4. The minimum atomic E-state index is -0.0629. The number of aromatic nitrogens is 2. The summed E-state index contributed by atoms with van der Waals surface area (Å²) in [6.45, 7) is 0.437.